The summed E-state index contributed by atoms with van der Waals surface area (Å²) in [5, 5.41) is 0. The largest absolute Gasteiger partial charge is 0.330 e. The van der Waals surface area contributed by atoms with Gasteiger partial charge in [0.1, 0.15) is 10.7 Å². The van der Waals surface area contributed by atoms with Gasteiger partial charge in [-0.3, -0.25) is 4.98 Å². The molecule has 1 aromatic heterocycles. The lowest BCUT2D eigenvalue weighted by Crippen LogP contribution is -2.33. The predicted molar refractivity (Wildman–Crippen MR) is 62.3 cm³/mol. The van der Waals surface area contributed by atoms with E-state index in [1.165, 1.54) is 0 Å². The lowest BCUT2D eigenvalue weighted by atomic mass is 10.2. The Balaban J connectivity index is 2.75. The minimum absolute atomic E-state index is 0.169. The van der Waals surface area contributed by atoms with Gasteiger partial charge in [0.25, 0.3) is 0 Å². The molecule has 0 spiro atoms. The van der Waals surface area contributed by atoms with Gasteiger partial charge in [-0.25, -0.2) is 17.5 Å². The van der Waals surface area contributed by atoms with E-state index in [1.54, 1.807) is 6.92 Å². The molecule has 0 saturated carbocycles. The number of sulfonamides is 1. The molecule has 0 aliphatic carbocycles. The zero-order valence-corrected chi connectivity index (χ0v) is 10.4. The number of nitrogens with two attached hydrogens (primary N) is 1. The van der Waals surface area contributed by atoms with Crippen molar-refractivity contribution >= 4 is 10.0 Å². The van der Waals surface area contributed by atoms with E-state index >= 15 is 0 Å². The van der Waals surface area contributed by atoms with Crippen molar-refractivity contribution in [2.45, 2.75) is 30.7 Å². The maximum Gasteiger partial charge on any atom is 0.242 e. The summed E-state index contributed by atoms with van der Waals surface area (Å²) < 4.78 is 38.9. The number of halogens is 1. The molecule has 0 saturated heterocycles. The molecule has 0 aromatic carbocycles. The Kier molecular flexibility index (Phi) is 4.98. The monoisotopic (exact) mass is 261 g/mol. The third-order valence-electron chi connectivity index (χ3n) is 2.19. The molecule has 3 N–H and O–H groups in total. The van der Waals surface area contributed by atoms with Crippen molar-refractivity contribution in [3.05, 3.63) is 24.3 Å². The first-order valence-electron chi connectivity index (χ1n) is 5.28. The summed E-state index contributed by atoms with van der Waals surface area (Å²) in [6, 6.07) is 0.692. The molecule has 0 amide bonds. The summed E-state index contributed by atoms with van der Waals surface area (Å²) in [5.41, 5.74) is 5.33. The molecule has 0 fully saturated rings. The maximum atomic E-state index is 12.9. The minimum atomic E-state index is -3.71. The molecule has 1 heterocycles. The Hall–Kier alpha value is -1.05. The summed E-state index contributed by atoms with van der Waals surface area (Å²) in [5.74, 6) is -0.678. The number of nitrogens with zero attached hydrogens (tertiary/aromatic N) is 1. The summed E-state index contributed by atoms with van der Waals surface area (Å²) in [7, 11) is -3.71. The van der Waals surface area contributed by atoms with Crippen molar-refractivity contribution in [1.82, 2.24) is 9.71 Å². The maximum absolute atomic E-state index is 12.9. The summed E-state index contributed by atoms with van der Waals surface area (Å²) in [4.78, 5) is 3.34. The molecule has 1 aromatic rings. The van der Waals surface area contributed by atoms with Crippen molar-refractivity contribution in [3.63, 3.8) is 0 Å². The molecule has 1 atom stereocenters. The lowest BCUT2D eigenvalue weighted by Gasteiger charge is -2.13. The van der Waals surface area contributed by atoms with Crippen LogP contribution < -0.4 is 10.5 Å². The molecule has 7 heteroatoms. The summed E-state index contributed by atoms with van der Waals surface area (Å²) in [6.07, 6.45) is 3.43. The highest BCUT2D eigenvalue weighted by Gasteiger charge is 2.17. The molecule has 1 unspecified atom stereocenters. The Morgan fingerprint density at radius 2 is 2.24 bits per heavy atom. The molecule has 0 aliphatic rings. The number of aromatic nitrogens is 1. The van der Waals surface area contributed by atoms with Crippen LogP contribution in [0, 0.1) is 5.82 Å². The Labute approximate surface area is 100 Å². The van der Waals surface area contributed by atoms with Crippen molar-refractivity contribution in [1.29, 1.82) is 0 Å². The first-order chi connectivity index (χ1) is 7.95. The van der Waals surface area contributed by atoms with Gasteiger partial charge in [0.15, 0.2) is 0 Å². The molecule has 0 radical (unpaired) electrons. The fourth-order valence-corrected chi connectivity index (χ4v) is 2.61. The molecule has 17 heavy (non-hydrogen) atoms. The number of rotatable bonds is 6. The van der Waals surface area contributed by atoms with Gasteiger partial charge in [-0.15, -0.1) is 0 Å². The van der Waals surface area contributed by atoms with Crippen LogP contribution in [0.15, 0.2) is 23.4 Å². The molecular weight excluding hydrogens is 245 g/mol. The smallest absolute Gasteiger partial charge is 0.242 e. The normalized spacial score (nSPS) is 13.6. The van der Waals surface area contributed by atoms with Crippen LogP contribution in [0.5, 0.6) is 0 Å². The fourth-order valence-electron chi connectivity index (χ4n) is 1.36. The van der Waals surface area contributed by atoms with E-state index in [9.17, 15) is 12.8 Å². The Morgan fingerprint density at radius 3 is 2.82 bits per heavy atom. The minimum Gasteiger partial charge on any atom is -0.330 e. The highest BCUT2D eigenvalue weighted by molar-refractivity contribution is 7.89. The van der Waals surface area contributed by atoms with Crippen LogP contribution in [0.4, 0.5) is 4.39 Å². The standard InChI is InChI=1S/C10H16FN3O2S/c1-8(3-2-4-12)14-17(15,16)10-5-9(11)6-13-7-10/h5-8,14H,2-4,12H2,1H3. The zero-order valence-electron chi connectivity index (χ0n) is 9.56. The van der Waals surface area contributed by atoms with Crippen molar-refractivity contribution in [3.8, 4) is 0 Å². The van der Waals surface area contributed by atoms with Crippen LogP contribution in [-0.2, 0) is 10.0 Å². The second kappa shape index (κ2) is 6.04. The highest BCUT2D eigenvalue weighted by Crippen LogP contribution is 2.10. The van der Waals surface area contributed by atoms with Crippen molar-refractivity contribution in [2.24, 2.45) is 5.73 Å². The van der Waals surface area contributed by atoms with Crippen molar-refractivity contribution < 1.29 is 12.8 Å². The van der Waals surface area contributed by atoms with Crippen molar-refractivity contribution in [2.75, 3.05) is 6.54 Å². The molecule has 0 bridgehead atoms. The fraction of sp³-hybridized carbons (Fsp3) is 0.500. The predicted octanol–water partition coefficient (Wildman–Crippen LogP) is 0.626. The second-order valence-corrected chi connectivity index (χ2v) is 5.51. The van der Waals surface area contributed by atoms with E-state index in [4.69, 9.17) is 5.73 Å². The van der Waals surface area contributed by atoms with Crippen LogP contribution >= 0.6 is 0 Å². The van der Waals surface area contributed by atoms with Crippen LogP contribution in [0.2, 0.25) is 0 Å². The lowest BCUT2D eigenvalue weighted by molar-refractivity contribution is 0.536. The van der Waals surface area contributed by atoms with E-state index < -0.39 is 15.8 Å². The third-order valence-corrected chi connectivity index (χ3v) is 3.74. The Bertz CT molecular complexity index is 464. The molecule has 96 valence electrons. The van der Waals surface area contributed by atoms with Gasteiger partial charge < -0.3 is 5.73 Å². The molecule has 5 nitrogen and oxygen atoms in total. The van der Waals surface area contributed by atoms with Gasteiger partial charge in [-0.1, -0.05) is 0 Å². The second-order valence-electron chi connectivity index (χ2n) is 3.79. The van der Waals surface area contributed by atoms with Gasteiger partial charge in [0, 0.05) is 12.2 Å². The van der Waals surface area contributed by atoms with Gasteiger partial charge in [-0.05, 0) is 32.4 Å². The molecule has 0 aliphatic heterocycles. The topological polar surface area (TPSA) is 85.1 Å². The number of nitrogens with one attached hydrogen (secondary N) is 1. The summed E-state index contributed by atoms with van der Waals surface area (Å²) in [6.45, 7) is 2.24. The Morgan fingerprint density at radius 1 is 1.53 bits per heavy atom. The van der Waals surface area contributed by atoms with Crippen LogP contribution in [-0.4, -0.2) is 26.0 Å². The number of pyridine rings is 1. The highest BCUT2D eigenvalue weighted by atomic mass is 32.2. The third kappa shape index (κ3) is 4.37. The first-order valence-corrected chi connectivity index (χ1v) is 6.77. The van der Waals surface area contributed by atoms with Crippen LogP contribution in [0.25, 0.3) is 0 Å². The summed E-state index contributed by atoms with van der Waals surface area (Å²) >= 11 is 0. The van der Waals surface area contributed by atoms with Crippen LogP contribution in [0.3, 0.4) is 0 Å². The average molecular weight is 261 g/mol. The first kappa shape index (κ1) is 14.0. The van der Waals surface area contributed by atoms with E-state index in [-0.39, 0.29) is 10.9 Å². The zero-order chi connectivity index (χ0) is 12.9. The van der Waals surface area contributed by atoms with E-state index in [0.29, 0.717) is 13.0 Å². The molecule has 1 rings (SSSR count). The van der Waals surface area contributed by atoms with Gasteiger partial charge in [-0.2, -0.15) is 0 Å². The van der Waals surface area contributed by atoms with E-state index in [0.717, 1.165) is 24.9 Å². The van der Waals surface area contributed by atoms with Gasteiger partial charge in [0.05, 0.1) is 6.20 Å². The van der Waals surface area contributed by atoms with Gasteiger partial charge >= 0.3 is 0 Å². The SMILES string of the molecule is CC(CCCN)NS(=O)(=O)c1cncc(F)c1. The number of hydrogen-bond donors (Lipinski definition) is 2. The van der Waals surface area contributed by atoms with E-state index in [2.05, 4.69) is 9.71 Å². The molecular formula is C10H16FN3O2S. The van der Waals surface area contributed by atoms with E-state index in [1.807, 2.05) is 0 Å². The quantitative estimate of drug-likeness (QED) is 0.786. The number of hydrogen-bond acceptors (Lipinski definition) is 4. The average Bonchev–Trinajstić information content (AvgIpc) is 2.26. The van der Waals surface area contributed by atoms with Gasteiger partial charge in [0.2, 0.25) is 10.0 Å². The van der Waals surface area contributed by atoms with Crippen LogP contribution in [0.1, 0.15) is 19.8 Å².